The fraction of sp³-hybridized carbons (Fsp3) is 0.364. The molecule has 2 rings (SSSR count). The van der Waals surface area contributed by atoms with E-state index in [-0.39, 0.29) is 11.6 Å². The number of aromatic carboxylic acids is 1. The van der Waals surface area contributed by atoms with Crippen LogP contribution in [0, 0.1) is 0 Å². The Hall–Kier alpha value is -2.11. The molecule has 2 aromatic rings. The van der Waals surface area contributed by atoms with Crippen LogP contribution < -0.4 is 5.56 Å². The van der Waals surface area contributed by atoms with Gasteiger partial charge in [0.05, 0.1) is 5.69 Å². The highest BCUT2D eigenvalue weighted by molar-refractivity contribution is 5.86. The molecule has 0 radical (unpaired) electrons. The molecule has 2 aromatic heterocycles. The SMILES string of the molecule is CC(C)c1cc2n(C)c(C(=O)O)cc(=O)n2n1. The molecule has 0 aliphatic carbocycles. The number of carbonyl (C=O) groups is 1. The molecule has 0 bridgehead atoms. The highest BCUT2D eigenvalue weighted by Gasteiger charge is 2.15. The van der Waals surface area contributed by atoms with Crippen molar-refractivity contribution in [3.63, 3.8) is 0 Å². The Morgan fingerprint density at radius 1 is 1.41 bits per heavy atom. The third kappa shape index (κ3) is 1.71. The highest BCUT2D eigenvalue weighted by Crippen LogP contribution is 2.14. The number of hydrogen-bond acceptors (Lipinski definition) is 3. The maximum absolute atomic E-state index is 11.7. The van der Waals surface area contributed by atoms with Gasteiger partial charge in [0.25, 0.3) is 5.56 Å². The van der Waals surface area contributed by atoms with Crippen LogP contribution in [0.1, 0.15) is 35.9 Å². The van der Waals surface area contributed by atoms with Gasteiger partial charge in [0, 0.05) is 19.2 Å². The Bertz CT molecular complexity index is 652. The lowest BCUT2D eigenvalue weighted by Gasteiger charge is -2.05. The normalized spacial score (nSPS) is 11.3. The van der Waals surface area contributed by atoms with Gasteiger partial charge in [-0.05, 0) is 5.92 Å². The fourth-order valence-corrected chi connectivity index (χ4v) is 1.68. The van der Waals surface area contributed by atoms with Crippen molar-refractivity contribution in [3.8, 4) is 0 Å². The second-order valence-corrected chi connectivity index (χ2v) is 4.23. The van der Waals surface area contributed by atoms with Crippen LogP contribution in [0.5, 0.6) is 0 Å². The van der Waals surface area contributed by atoms with E-state index < -0.39 is 11.5 Å². The summed E-state index contributed by atoms with van der Waals surface area (Å²) in [6, 6.07) is 2.81. The summed E-state index contributed by atoms with van der Waals surface area (Å²) in [6.07, 6.45) is 0. The van der Waals surface area contributed by atoms with Crippen molar-refractivity contribution in [2.45, 2.75) is 19.8 Å². The van der Waals surface area contributed by atoms with Crippen LogP contribution >= 0.6 is 0 Å². The van der Waals surface area contributed by atoms with Crippen molar-refractivity contribution in [2.24, 2.45) is 7.05 Å². The molecule has 0 aliphatic heterocycles. The molecule has 0 aliphatic rings. The summed E-state index contributed by atoms with van der Waals surface area (Å²) in [5.74, 6) is -0.943. The van der Waals surface area contributed by atoms with Gasteiger partial charge in [-0.15, -0.1) is 0 Å². The van der Waals surface area contributed by atoms with Crippen LogP contribution in [0.25, 0.3) is 5.65 Å². The first-order valence-electron chi connectivity index (χ1n) is 5.25. The van der Waals surface area contributed by atoms with Gasteiger partial charge in [-0.25, -0.2) is 4.79 Å². The number of aromatic nitrogens is 3. The Kier molecular flexibility index (Phi) is 2.49. The minimum absolute atomic E-state index is 0.0438. The van der Waals surface area contributed by atoms with Crippen LogP contribution in [0.3, 0.4) is 0 Å². The monoisotopic (exact) mass is 235 g/mol. The molecular weight excluding hydrogens is 222 g/mol. The van der Waals surface area contributed by atoms with E-state index >= 15 is 0 Å². The van der Waals surface area contributed by atoms with Crippen LogP contribution in [-0.4, -0.2) is 25.3 Å². The fourth-order valence-electron chi connectivity index (χ4n) is 1.68. The number of hydrogen-bond donors (Lipinski definition) is 1. The lowest BCUT2D eigenvalue weighted by Crippen LogP contribution is -2.22. The van der Waals surface area contributed by atoms with Gasteiger partial charge in [0.2, 0.25) is 0 Å². The molecule has 0 amide bonds. The van der Waals surface area contributed by atoms with Crippen molar-refractivity contribution < 1.29 is 9.90 Å². The Morgan fingerprint density at radius 2 is 2.06 bits per heavy atom. The van der Waals surface area contributed by atoms with Gasteiger partial charge in [-0.3, -0.25) is 4.79 Å². The largest absolute Gasteiger partial charge is 0.477 e. The Balaban J connectivity index is 2.85. The van der Waals surface area contributed by atoms with Crippen LogP contribution in [-0.2, 0) is 7.05 Å². The maximum Gasteiger partial charge on any atom is 0.352 e. The lowest BCUT2D eigenvalue weighted by molar-refractivity contribution is 0.0685. The van der Waals surface area contributed by atoms with E-state index in [0.29, 0.717) is 5.65 Å². The van der Waals surface area contributed by atoms with Crippen molar-refractivity contribution in [1.29, 1.82) is 0 Å². The molecule has 0 atom stereocenters. The maximum atomic E-state index is 11.7. The molecule has 0 unspecified atom stereocenters. The lowest BCUT2D eigenvalue weighted by atomic mass is 10.1. The summed E-state index contributed by atoms with van der Waals surface area (Å²) in [5, 5.41) is 13.1. The molecule has 0 saturated heterocycles. The van der Waals surface area contributed by atoms with Gasteiger partial charge in [-0.2, -0.15) is 9.61 Å². The van der Waals surface area contributed by atoms with Crippen LogP contribution in [0.15, 0.2) is 16.9 Å². The smallest absolute Gasteiger partial charge is 0.352 e. The molecule has 2 heterocycles. The molecule has 1 N–H and O–H groups in total. The molecular formula is C11H13N3O3. The molecule has 90 valence electrons. The molecule has 0 saturated carbocycles. The zero-order valence-electron chi connectivity index (χ0n) is 9.84. The van der Waals surface area contributed by atoms with Gasteiger partial charge < -0.3 is 9.67 Å². The predicted octanol–water partition coefficient (Wildman–Crippen LogP) is 0.855. The third-order valence-corrected chi connectivity index (χ3v) is 2.69. The van der Waals surface area contributed by atoms with Gasteiger partial charge >= 0.3 is 5.97 Å². The summed E-state index contributed by atoms with van der Waals surface area (Å²) in [6.45, 7) is 3.93. The van der Waals surface area contributed by atoms with Crippen molar-refractivity contribution in [1.82, 2.24) is 14.2 Å². The second kappa shape index (κ2) is 3.73. The second-order valence-electron chi connectivity index (χ2n) is 4.23. The van der Waals surface area contributed by atoms with Crippen molar-refractivity contribution in [2.75, 3.05) is 0 Å². The molecule has 0 fully saturated rings. The van der Waals surface area contributed by atoms with Gasteiger partial charge in [-0.1, -0.05) is 13.8 Å². The zero-order valence-corrected chi connectivity index (χ0v) is 9.84. The number of carboxylic acid groups (broad SMARTS) is 1. The number of rotatable bonds is 2. The first kappa shape index (κ1) is 11.4. The number of carboxylic acids is 1. The first-order valence-corrected chi connectivity index (χ1v) is 5.25. The summed E-state index contributed by atoms with van der Waals surface area (Å²) in [4.78, 5) is 22.7. The average Bonchev–Trinajstić information content (AvgIpc) is 2.68. The minimum atomic E-state index is -1.13. The first-order chi connectivity index (χ1) is 7.91. The average molecular weight is 235 g/mol. The topological polar surface area (TPSA) is 76.6 Å². The van der Waals surface area contributed by atoms with Crippen molar-refractivity contribution in [3.05, 3.63) is 33.9 Å². The van der Waals surface area contributed by atoms with E-state index in [4.69, 9.17) is 5.11 Å². The van der Waals surface area contributed by atoms with E-state index in [2.05, 4.69) is 5.10 Å². The summed E-state index contributed by atoms with van der Waals surface area (Å²) >= 11 is 0. The molecule has 6 heteroatoms. The predicted molar refractivity (Wildman–Crippen MR) is 61.5 cm³/mol. The molecule has 0 spiro atoms. The zero-order chi connectivity index (χ0) is 12.7. The standard InChI is InChI=1S/C11H13N3O3/c1-6(2)7-4-9-13(3)8(11(16)17)5-10(15)14(9)12-7/h4-6H,1-3H3,(H,16,17). The van der Waals surface area contributed by atoms with Gasteiger partial charge in [0.15, 0.2) is 0 Å². The molecule has 17 heavy (non-hydrogen) atoms. The van der Waals surface area contributed by atoms with E-state index in [9.17, 15) is 9.59 Å². The number of fused-ring (bicyclic) bond motifs is 1. The quantitative estimate of drug-likeness (QED) is 0.837. The molecule has 6 nitrogen and oxygen atoms in total. The number of aryl methyl sites for hydroxylation is 1. The van der Waals surface area contributed by atoms with Gasteiger partial charge in [0.1, 0.15) is 11.3 Å². The van der Waals surface area contributed by atoms with E-state index in [0.717, 1.165) is 11.8 Å². The van der Waals surface area contributed by atoms with Crippen LogP contribution in [0.4, 0.5) is 0 Å². The summed E-state index contributed by atoms with van der Waals surface area (Å²) in [7, 11) is 1.60. The van der Waals surface area contributed by atoms with Crippen LogP contribution in [0.2, 0.25) is 0 Å². The summed E-state index contributed by atoms with van der Waals surface area (Å²) < 4.78 is 2.67. The van der Waals surface area contributed by atoms with Crippen molar-refractivity contribution >= 4 is 11.6 Å². The third-order valence-electron chi connectivity index (χ3n) is 2.69. The highest BCUT2D eigenvalue weighted by atomic mass is 16.4. The Morgan fingerprint density at radius 3 is 2.59 bits per heavy atom. The molecule has 0 aromatic carbocycles. The van der Waals surface area contributed by atoms with E-state index in [1.54, 1.807) is 13.1 Å². The van der Waals surface area contributed by atoms with E-state index in [1.807, 2.05) is 13.8 Å². The van der Waals surface area contributed by atoms with E-state index in [1.165, 1.54) is 9.08 Å². The number of nitrogens with zero attached hydrogens (tertiary/aromatic N) is 3. The summed E-state index contributed by atoms with van der Waals surface area (Å²) in [5.41, 5.74) is 0.777. The Labute approximate surface area is 97.1 Å². The minimum Gasteiger partial charge on any atom is -0.477 e.